The van der Waals surface area contributed by atoms with Crippen LogP contribution in [0.15, 0.2) is 17.1 Å². The van der Waals surface area contributed by atoms with Crippen molar-refractivity contribution in [2.24, 2.45) is 4.99 Å². The number of benzene rings is 1. The van der Waals surface area contributed by atoms with E-state index in [2.05, 4.69) is 4.99 Å². The first kappa shape index (κ1) is 14.2. The Morgan fingerprint density at radius 1 is 1.50 bits per heavy atom. The van der Waals surface area contributed by atoms with Crippen LogP contribution in [0.2, 0.25) is 0 Å². The summed E-state index contributed by atoms with van der Waals surface area (Å²) in [4.78, 5) is 17.8. The first-order chi connectivity index (χ1) is 8.49. The molecule has 98 valence electrons. The molecule has 0 radical (unpaired) electrons. The number of ketones is 1. The largest absolute Gasteiger partial charge is 0.494 e. The summed E-state index contributed by atoms with van der Waals surface area (Å²) in [6, 6.07) is 3.62. The number of ether oxygens (including phenoxy) is 1. The molecule has 0 aliphatic heterocycles. The lowest BCUT2D eigenvalue weighted by molar-refractivity contribution is 0.101. The zero-order chi connectivity index (χ0) is 13.7. The SMILES string of the molecule is CCN(C)C=Nc1cc(C)c(C(C)=O)cc1OC. The summed E-state index contributed by atoms with van der Waals surface area (Å²) < 4.78 is 5.27. The van der Waals surface area contributed by atoms with Crippen molar-refractivity contribution in [2.45, 2.75) is 20.8 Å². The highest BCUT2D eigenvalue weighted by Gasteiger charge is 2.10. The molecular weight excluding hydrogens is 228 g/mol. The maximum Gasteiger partial charge on any atom is 0.160 e. The molecule has 1 aromatic carbocycles. The van der Waals surface area contributed by atoms with E-state index in [-0.39, 0.29) is 5.78 Å². The van der Waals surface area contributed by atoms with Gasteiger partial charge < -0.3 is 9.64 Å². The molecule has 18 heavy (non-hydrogen) atoms. The number of hydrogen-bond donors (Lipinski definition) is 0. The molecular formula is C14H20N2O2. The van der Waals surface area contributed by atoms with Crippen molar-refractivity contribution in [3.05, 3.63) is 23.3 Å². The number of rotatable bonds is 5. The molecule has 0 saturated carbocycles. The van der Waals surface area contributed by atoms with E-state index in [0.717, 1.165) is 17.8 Å². The third-order valence-electron chi connectivity index (χ3n) is 2.80. The zero-order valence-electron chi connectivity index (χ0n) is 11.7. The van der Waals surface area contributed by atoms with Gasteiger partial charge in [-0.15, -0.1) is 0 Å². The van der Waals surface area contributed by atoms with Gasteiger partial charge in [-0.05, 0) is 38.5 Å². The first-order valence-electron chi connectivity index (χ1n) is 5.93. The molecule has 0 unspecified atom stereocenters. The van der Waals surface area contributed by atoms with Gasteiger partial charge in [0.05, 0.1) is 13.4 Å². The van der Waals surface area contributed by atoms with Gasteiger partial charge in [-0.25, -0.2) is 4.99 Å². The predicted octanol–water partition coefficient (Wildman–Crippen LogP) is 2.82. The van der Waals surface area contributed by atoms with Crippen LogP contribution in [-0.4, -0.2) is 37.7 Å². The Morgan fingerprint density at radius 2 is 2.17 bits per heavy atom. The van der Waals surface area contributed by atoms with Gasteiger partial charge in [-0.1, -0.05) is 0 Å². The third-order valence-corrected chi connectivity index (χ3v) is 2.80. The quantitative estimate of drug-likeness (QED) is 0.457. The fourth-order valence-corrected chi connectivity index (χ4v) is 1.56. The fourth-order valence-electron chi connectivity index (χ4n) is 1.56. The minimum absolute atomic E-state index is 0.0343. The highest BCUT2D eigenvalue weighted by molar-refractivity contribution is 5.96. The van der Waals surface area contributed by atoms with E-state index in [9.17, 15) is 4.79 Å². The molecule has 1 aromatic rings. The van der Waals surface area contributed by atoms with E-state index >= 15 is 0 Å². The molecule has 4 heteroatoms. The lowest BCUT2D eigenvalue weighted by Crippen LogP contribution is -2.14. The van der Waals surface area contributed by atoms with Crippen LogP contribution in [0.3, 0.4) is 0 Å². The summed E-state index contributed by atoms with van der Waals surface area (Å²) in [6.45, 7) is 6.39. The van der Waals surface area contributed by atoms with Crippen LogP contribution in [0, 0.1) is 6.92 Å². The van der Waals surface area contributed by atoms with Crippen LogP contribution in [0.5, 0.6) is 5.75 Å². The van der Waals surface area contributed by atoms with Crippen LogP contribution in [0.4, 0.5) is 5.69 Å². The van der Waals surface area contributed by atoms with E-state index in [1.165, 1.54) is 0 Å². The van der Waals surface area contributed by atoms with Crippen molar-refractivity contribution in [1.82, 2.24) is 4.90 Å². The zero-order valence-corrected chi connectivity index (χ0v) is 11.7. The number of methoxy groups -OCH3 is 1. The maximum absolute atomic E-state index is 11.5. The van der Waals surface area contributed by atoms with Gasteiger partial charge in [0.2, 0.25) is 0 Å². The molecule has 4 nitrogen and oxygen atoms in total. The summed E-state index contributed by atoms with van der Waals surface area (Å²) in [5.74, 6) is 0.651. The number of carbonyl (C=O) groups excluding carboxylic acids is 1. The molecule has 0 aliphatic rings. The van der Waals surface area contributed by atoms with Gasteiger partial charge >= 0.3 is 0 Å². The summed E-state index contributed by atoms with van der Waals surface area (Å²) in [5.41, 5.74) is 2.32. The Bertz CT molecular complexity index is 467. The van der Waals surface area contributed by atoms with Crippen LogP contribution < -0.4 is 4.74 Å². The van der Waals surface area contributed by atoms with E-state index < -0.39 is 0 Å². The topological polar surface area (TPSA) is 41.9 Å². The van der Waals surface area contributed by atoms with E-state index in [4.69, 9.17) is 4.74 Å². The Kier molecular flexibility index (Phi) is 4.89. The number of nitrogens with zero attached hydrogens (tertiary/aromatic N) is 2. The molecule has 0 aliphatic carbocycles. The second-order valence-corrected chi connectivity index (χ2v) is 4.21. The average molecular weight is 248 g/mol. The molecule has 0 amide bonds. The van der Waals surface area contributed by atoms with Gasteiger partial charge in [0.25, 0.3) is 0 Å². The second kappa shape index (κ2) is 6.19. The second-order valence-electron chi connectivity index (χ2n) is 4.21. The summed E-state index contributed by atoms with van der Waals surface area (Å²) in [7, 11) is 3.53. The summed E-state index contributed by atoms with van der Waals surface area (Å²) >= 11 is 0. The van der Waals surface area contributed by atoms with Crippen molar-refractivity contribution in [1.29, 1.82) is 0 Å². The number of Topliss-reactive ketones (excluding diaryl/α,β-unsaturated/α-hetero) is 1. The third kappa shape index (κ3) is 3.32. The molecule has 0 fully saturated rings. The van der Waals surface area contributed by atoms with Crippen molar-refractivity contribution < 1.29 is 9.53 Å². The molecule has 0 spiro atoms. The highest BCUT2D eigenvalue weighted by Crippen LogP contribution is 2.30. The standard InChI is InChI=1S/C14H20N2O2/c1-6-16(4)9-15-13-7-10(2)12(11(3)17)8-14(13)18-5/h7-9H,6H2,1-5H3. The van der Waals surface area contributed by atoms with E-state index in [1.807, 2.05) is 31.9 Å². The Hall–Kier alpha value is -1.84. The molecule has 0 heterocycles. The van der Waals surface area contributed by atoms with Gasteiger partial charge in [-0.2, -0.15) is 0 Å². The smallest absolute Gasteiger partial charge is 0.160 e. The van der Waals surface area contributed by atoms with Crippen molar-refractivity contribution in [3.63, 3.8) is 0 Å². The van der Waals surface area contributed by atoms with Gasteiger partial charge in [0.15, 0.2) is 5.78 Å². The van der Waals surface area contributed by atoms with Crippen molar-refractivity contribution in [3.8, 4) is 5.75 Å². The molecule has 0 aromatic heterocycles. The van der Waals surface area contributed by atoms with Crippen LogP contribution in [0.1, 0.15) is 29.8 Å². The van der Waals surface area contributed by atoms with Crippen molar-refractivity contribution in [2.75, 3.05) is 20.7 Å². The summed E-state index contributed by atoms with van der Waals surface area (Å²) in [5, 5.41) is 0. The van der Waals surface area contributed by atoms with E-state index in [0.29, 0.717) is 11.3 Å². The van der Waals surface area contributed by atoms with Crippen LogP contribution in [0.25, 0.3) is 0 Å². The first-order valence-corrected chi connectivity index (χ1v) is 5.93. The van der Waals surface area contributed by atoms with Gasteiger partial charge in [-0.3, -0.25) is 4.79 Å². The Labute approximate surface area is 108 Å². The van der Waals surface area contributed by atoms with Crippen molar-refractivity contribution >= 4 is 17.8 Å². The predicted molar refractivity (Wildman–Crippen MR) is 74.2 cm³/mol. The molecule has 0 atom stereocenters. The minimum atomic E-state index is 0.0343. The lowest BCUT2D eigenvalue weighted by atomic mass is 10.0. The normalized spacial score (nSPS) is 10.7. The monoisotopic (exact) mass is 248 g/mol. The highest BCUT2D eigenvalue weighted by atomic mass is 16.5. The average Bonchev–Trinajstić information content (AvgIpc) is 2.35. The van der Waals surface area contributed by atoms with Gasteiger partial charge in [0.1, 0.15) is 11.4 Å². The number of hydrogen-bond acceptors (Lipinski definition) is 3. The summed E-state index contributed by atoms with van der Waals surface area (Å²) in [6.07, 6.45) is 1.75. The fraction of sp³-hybridized carbons (Fsp3) is 0.429. The van der Waals surface area contributed by atoms with Crippen LogP contribution in [-0.2, 0) is 0 Å². The number of aliphatic imine (C=N–C) groups is 1. The number of aryl methyl sites for hydroxylation is 1. The Balaban J connectivity index is 3.16. The van der Waals surface area contributed by atoms with Gasteiger partial charge in [0, 0.05) is 19.2 Å². The van der Waals surface area contributed by atoms with E-state index in [1.54, 1.807) is 26.4 Å². The van der Waals surface area contributed by atoms with Crippen LogP contribution >= 0.6 is 0 Å². The molecule has 0 bridgehead atoms. The minimum Gasteiger partial charge on any atom is -0.494 e. The molecule has 0 N–H and O–H groups in total. The molecule has 1 rings (SSSR count). The molecule has 0 saturated heterocycles. The lowest BCUT2D eigenvalue weighted by Gasteiger charge is -2.11. The maximum atomic E-state index is 11.5. The number of carbonyl (C=O) groups is 1. The Morgan fingerprint density at radius 3 is 2.67 bits per heavy atom.